The third-order valence-corrected chi connectivity index (χ3v) is 5.21. The first-order chi connectivity index (χ1) is 11.1. The highest BCUT2D eigenvalue weighted by atomic mass is 79.9. The second-order valence-electron chi connectivity index (χ2n) is 4.96. The van der Waals surface area contributed by atoms with Crippen LogP contribution >= 0.6 is 27.3 Å². The van der Waals surface area contributed by atoms with Gasteiger partial charge < -0.3 is 9.64 Å². The lowest BCUT2D eigenvalue weighted by Crippen LogP contribution is -2.35. The molecule has 0 bridgehead atoms. The second-order valence-corrected chi connectivity index (χ2v) is 6.90. The molecular formula is C15H14BrN3O3S. The van der Waals surface area contributed by atoms with Crippen LogP contribution in [0.2, 0.25) is 0 Å². The number of nitrogens with one attached hydrogen (secondary N) is 1. The predicted molar refractivity (Wildman–Crippen MR) is 90.7 cm³/mol. The highest BCUT2D eigenvalue weighted by Crippen LogP contribution is 2.29. The van der Waals surface area contributed by atoms with E-state index in [1.54, 1.807) is 11.0 Å². The smallest absolute Gasteiger partial charge is 0.413 e. The van der Waals surface area contributed by atoms with Crippen LogP contribution in [0.15, 0.2) is 28.7 Å². The van der Waals surface area contributed by atoms with Crippen molar-refractivity contribution < 1.29 is 14.3 Å². The van der Waals surface area contributed by atoms with Crippen LogP contribution in [0.4, 0.5) is 9.93 Å². The van der Waals surface area contributed by atoms with Crippen molar-refractivity contribution in [2.75, 3.05) is 19.0 Å². The molecule has 0 atom stereocenters. The lowest BCUT2D eigenvalue weighted by molar-refractivity contribution is 0.0735. The molecule has 23 heavy (non-hydrogen) atoms. The SMILES string of the molecule is COC(=O)Nc1nc2c(s1)CN(C(=O)c1ccccc1Br)CC2. The fourth-order valence-corrected chi connectivity index (χ4v) is 3.83. The van der Waals surface area contributed by atoms with Gasteiger partial charge in [-0.05, 0) is 28.1 Å². The Bertz CT molecular complexity index is 762. The van der Waals surface area contributed by atoms with Crippen molar-refractivity contribution in [3.8, 4) is 0 Å². The average Bonchev–Trinajstić information content (AvgIpc) is 2.95. The Morgan fingerprint density at radius 1 is 1.39 bits per heavy atom. The van der Waals surface area contributed by atoms with E-state index >= 15 is 0 Å². The molecule has 0 radical (unpaired) electrons. The monoisotopic (exact) mass is 395 g/mol. The summed E-state index contributed by atoms with van der Waals surface area (Å²) >= 11 is 4.79. The van der Waals surface area contributed by atoms with Gasteiger partial charge in [0.05, 0.1) is 24.9 Å². The zero-order valence-electron chi connectivity index (χ0n) is 12.3. The maximum atomic E-state index is 12.7. The molecule has 2 aromatic rings. The molecular weight excluding hydrogens is 382 g/mol. The molecule has 120 valence electrons. The first-order valence-corrected chi connectivity index (χ1v) is 8.57. The van der Waals surface area contributed by atoms with E-state index in [2.05, 4.69) is 31.0 Å². The summed E-state index contributed by atoms with van der Waals surface area (Å²) in [5, 5.41) is 3.07. The molecule has 0 saturated carbocycles. The quantitative estimate of drug-likeness (QED) is 0.846. The number of carbonyl (C=O) groups is 2. The van der Waals surface area contributed by atoms with Gasteiger partial charge in [0.25, 0.3) is 5.91 Å². The van der Waals surface area contributed by atoms with Gasteiger partial charge in [-0.3, -0.25) is 10.1 Å². The Balaban J connectivity index is 1.76. The number of amides is 2. The molecule has 0 saturated heterocycles. The Morgan fingerprint density at radius 2 is 2.17 bits per heavy atom. The van der Waals surface area contributed by atoms with Crippen LogP contribution in [0.5, 0.6) is 0 Å². The zero-order chi connectivity index (χ0) is 16.4. The van der Waals surface area contributed by atoms with E-state index in [0.717, 1.165) is 15.0 Å². The number of nitrogens with zero attached hydrogens (tertiary/aromatic N) is 2. The van der Waals surface area contributed by atoms with E-state index in [9.17, 15) is 9.59 Å². The molecule has 1 aromatic heterocycles. The van der Waals surface area contributed by atoms with Gasteiger partial charge in [0.1, 0.15) is 0 Å². The number of anilines is 1. The number of carbonyl (C=O) groups excluding carboxylic acids is 2. The van der Waals surface area contributed by atoms with Gasteiger partial charge in [-0.15, -0.1) is 0 Å². The van der Waals surface area contributed by atoms with Crippen LogP contribution in [-0.4, -0.2) is 35.5 Å². The molecule has 1 N–H and O–H groups in total. The maximum absolute atomic E-state index is 12.7. The molecule has 6 nitrogen and oxygen atoms in total. The number of hydrogen-bond donors (Lipinski definition) is 1. The van der Waals surface area contributed by atoms with Gasteiger partial charge in [0.15, 0.2) is 5.13 Å². The van der Waals surface area contributed by atoms with Crippen LogP contribution in [0.1, 0.15) is 20.9 Å². The highest BCUT2D eigenvalue weighted by molar-refractivity contribution is 9.10. The third-order valence-electron chi connectivity index (χ3n) is 3.52. The molecule has 2 amide bonds. The van der Waals surface area contributed by atoms with Crippen molar-refractivity contribution in [2.45, 2.75) is 13.0 Å². The average molecular weight is 396 g/mol. The first-order valence-electron chi connectivity index (χ1n) is 6.96. The minimum Gasteiger partial charge on any atom is -0.453 e. The van der Waals surface area contributed by atoms with Gasteiger partial charge in [0.2, 0.25) is 0 Å². The number of fused-ring (bicyclic) bond motifs is 1. The lowest BCUT2D eigenvalue weighted by atomic mass is 10.1. The molecule has 8 heteroatoms. The largest absolute Gasteiger partial charge is 0.453 e. The molecule has 1 aliphatic heterocycles. The standard InChI is InChI=1S/C15H14BrN3O3S/c1-22-15(21)18-14-17-11-6-7-19(8-12(11)23-14)13(20)9-4-2-3-5-10(9)16/h2-5H,6-8H2,1H3,(H,17,18,21). The van der Waals surface area contributed by atoms with Crippen molar-refractivity contribution >= 4 is 44.4 Å². The number of ether oxygens (including phenoxy) is 1. The van der Waals surface area contributed by atoms with Gasteiger partial charge >= 0.3 is 6.09 Å². The molecule has 0 fully saturated rings. The fraction of sp³-hybridized carbons (Fsp3) is 0.267. The number of rotatable bonds is 2. The summed E-state index contributed by atoms with van der Waals surface area (Å²) in [6.45, 7) is 1.10. The minimum absolute atomic E-state index is 0.0148. The number of methoxy groups -OCH3 is 1. The van der Waals surface area contributed by atoms with E-state index in [4.69, 9.17) is 0 Å². The summed E-state index contributed by atoms with van der Waals surface area (Å²) < 4.78 is 5.35. The summed E-state index contributed by atoms with van der Waals surface area (Å²) in [4.78, 5) is 31.1. The molecule has 3 rings (SSSR count). The van der Waals surface area contributed by atoms with Gasteiger partial charge in [-0.1, -0.05) is 23.5 Å². The van der Waals surface area contributed by atoms with Crippen LogP contribution in [-0.2, 0) is 17.7 Å². The van der Waals surface area contributed by atoms with Gasteiger partial charge in [-0.2, -0.15) is 0 Å². The van der Waals surface area contributed by atoms with Crippen LogP contribution < -0.4 is 5.32 Å². The zero-order valence-corrected chi connectivity index (χ0v) is 14.7. The van der Waals surface area contributed by atoms with Crippen molar-refractivity contribution in [3.63, 3.8) is 0 Å². The van der Waals surface area contributed by atoms with Crippen LogP contribution in [0.25, 0.3) is 0 Å². The number of halogens is 1. The molecule has 0 unspecified atom stereocenters. The van der Waals surface area contributed by atoms with E-state index in [1.807, 2.05) is 18.2 Å². The van der Waals surface area contributed by atoms with Gasteiger partial charge in [0, 0.05) is 22.3 Å². The van der Waals surface area contributed by atoms with Crippen molar-refractivity contribution in [3.05, 3.63) is 44.9 Å². The number of hydrogen-bond acceptors (Lipinski definition) is 5. The van der Waals surface area contributed by atoms with Crippen LogP contribution in [0.3, 0.4) is 0 Å². The van der Waals surface area contributed by atoms with E-state index in [1.165, 1.54) is 18.4 Å². The van der Waals surface area contributed by atoms with Crippen LogP contribution in [0, 0.1) is 0 Å². The summed E-state index contributed by atoms with van der Waals surface area (Å²) in [5.41, 5.74) is 1.57. The number of benzene rings is 1. The molecule has 1 aromatic carbocycles. The first kappa shape index (κ1) is 15.9. The minimum atomic E-state index is -0.544. The Hall–Kier alpha value is -1.93. The second kappa shape index (κ2) is 6.67. The third kappa shape index (κ3) is 3.37. The highest BCUT2D eigenvalue weighted by Gasteiger charge is 2.26. The van der Waals surface area contributed by atoms with Crippen molar-refractivity contribution in [1.29, 1.82) is 0 Å². The normalized spacial score (nSPS) is 13.4. The molecule has 0 spiro atoms. The summed E-state index contributed by atoms with van der Waals surface area (Å²) in [6, 6.07) is 7.38. The van der Waals surface area contributed by atoms with Crippen molar-refractivity contribution in [1.82, 2.24) is 9.88 Å². The molecule has 0 aliphatic carbocycles. The Labute approximate surface area is 145 Å². The lowest BCUT2D eigenvalue weighted by Gasteiger charge is -2.26. The maximum Gasteiger partial charge on any atom is 0.413 e. The van der Waals surface area contributed by atoms with E-state index in [-0.39, 0.29) is 5.91 Å². The van der Waals surface area contributed by atoms with Crippen molar-refractivity contribution in [2.24, 2.45) is 0 Å². The molecule has 2 heterocycles. The van der Waals surface area contributed by atoms with E-state index < -0.39 is 6.09 Å². The Kier molecular flexibility index (Phi) is 4.63. The number of aromatic nitrogens is 1. The summed E-state index contributed by atoms with van der Waals surface area (Å²) in [7, 11) is 1.31. The Morgan fingerprint density at radius 3 is 2.91 bits per heavy atom. The summed E-state index contributed by atoms with van der Waals surface area (Å²) in [5.74, 6) is -0.0148. The predicted octanol–water partition coefficient (Wildman–Crippen LogP) is 3.28. The fourth-order valence-electron chi connectivity index (χ4n) is 2.37. The number of thiazole rings is 1. The van der Waals surface area contributed by atoms with E-state index in [0.29, 0.717) is 30.2 Å². The topological polar surface area (TPSA) is 71.5 Å². The summed E-state index contributed by atoms with van der Waals surface area (Å²) in [6.07, 6.45) is 0.127. The van der Waals surface area contributed by atoms with Gasteiger partial charge in [-0.25, -0.2) is 9.78 Å². The molecule has 1 aliphatic rings.